The van der Waals surface area contributed by atoms with E-state index in [4.69, 9.17) is 17.0 Å². The number of rotatable bonds is 5. The zero-order chi connectivity index (χ0) is 15.9. The van der Waals surface area contributed by atoms with Gasteiger partial charge in [0, 0.05) is 11.4 Å². The van der Waals surface area contributed by atoms with E-state index < -0.39 is 0 Å². The van der Waals surface area contributed by atoms with Crippen LogP contribution < -0.4 is 10.6 Å². The molecule has 4 nitrogen and oxygen atoms in total. The van der Waals surface area contributed by atoms with Crippen molar-refractivity contribution in [3.05, 3.63) is 16.0 Å². The Morgan fingerprint density at radius 2 is 2.09 bits per heavy atom. The van der Waals surface area contributed by atoms with Gasteiger partial charge in [-0.1, -0.05) is 19.8 Å². The molecule has 0 fully saturated rings. The highest BCUT2D eigenvalue weighted by Crippen LogP contribution is 2.37. The molecule has 2 rings (SSSR count). The molecule has 0 unspecified atom stereocenters. The van der Waals surface area contributed by atoms with Crippen LogP contribution >= 0.6 is 23.6 Å². The number of thiocarbonyl (C=S) groups is 1. The number of fused-ring (bicyclic) bond motifs is 1. The molecule has 1 aromatic rings. The summed E-state index contributed by atoms with van der Waals surface area (Å²) in [7, 11) is 1.44. The Bertz CT molecular complexity index is 540. The van der Waals surface area contributed by atoms with Crippen molar-refractivity contribution in [2.24, 2.45) is 0 Å². The molecule has 122 valence electrons. The van der Waals surface area contributed by atoms with Crippen molar-refractivity contribution in [1.29, 1.82) is 0 Å². The van der Waals surface area contributed by atoms with Crippen LogP contribution in [0.5, 0.6) is 0 Å². The first-order valence-corrected chi connectivity index (χ1v) is 9.17. The second-order valence-corrected chi connectivity index (χ2v) is 7.01. The van der Waals surface area contributed by atoms with Crippen LogP contribution in [0.1, 0.15) is 59.8 Å². The topological polar surface area (TPSA) is 50.4 Å². The Hall–Kier alpha value is -1.14. The SMILES string of the molecule is CCCCNC(=S)Nc1sc2c(c1C(=O)OC)CCCCC2. The van der Waals surface area contributed by atoms with Crippen molar-refractivity contribution in [3.8, 4) is 0 Å². The molecule has 0 saturated carbocycles. The second-order valence-electron chi connectivity index (χ2n) is 5.49. The summed E-state index contributed by atoms with van der Waals surface area (Å²) in [6.07, 6.45) is 7.74. The smallest absolute Gasteiger partial charge is 0.341 e. The Morgan fingerprint density at radius 1 is 1.32 bits per heavy atom. The second kappa shape index (κ2) is 8.48. The molecule has 1 aliphatic carbocycles. The summed E-state index contributed by atoms with van der Waals surface area (Å²) in [6, 6.07) is 0. The Balaban J connectivity index is 2.19. The number of hydrogen-bond acceptors (Lipinski definition) is 4. The zero-order valence-electron chi connectivity index (χ0n) is 13.3. The molecule has 1 aliphatic rings. The van der Waals surface area contributed by atoms with Gasteiger partial charge in [0.15, 0.2) is 5.11 Å². The lowest BCUT2D eigenvalue weighted by atomic mass is 10.1. The first-order chi connectivity index (χ1) is 10.7. The number of hydrogen-bond donors (Lipinski definition) is 2. The van der Waals surface area contributed by atoms with Gasteiger partial charge in [-0.05, 0) is 49.9 Å². The van der Waals surface area contributed by atoms with Crippen molar-refractivity contribution >= 4 is 39.6 Å². The largest absolute Gasteiger partial charge is 0.465 e. The van der Waals surface area contributed by atoms with Crippen LogP contribution in [0.15, 0.2) is 0 Å². The highest BCUT2D eigenvalue weighted by molar-refractivity contribution is 7.80. The van der Waals surface area contributed by atoms with Crippen molar-refractivity contribution in [2.75, 3.05) is 19.0 Å². The maximum Gasteiger partial charge on any atom is 0.341 e. The summed E-state index contributed by atoms with van der Waals surface area (Å²) in [5, 5.41) is 7.79. The summed E-state index contributed by atoms with van der Waals surface area (Å²) in [6.45, 7) is 2.99. The first kappa shape index (κ1) is 17.2. The molecule has 2 N–H and O–H groups in total. The molecule has 1 aromatic heterocycles. The van der Waals surface area contributed by atoms with Crippen molar-refractivity contribution < 1.29 is 9.53 Å². The molecular formula is C16H24N2O2S2. The van der Waals surface area contributed by atoms with Crippen LogP contribution in [0.2, 0.25) is 0 Å². The molecule has 22 heavy (non-hydrogen) atoms. The number of carbonyl (C=O) groups excluding carboxylic acids is 1. The molecule has 0 saturated heterocycles. The fourth-order valence-corrected chi connectivity index (χ4v) is 4.23. The minimum Gasteiger partial charge on any atom is -0.465 e. The number of nitrogens with one attached hydrogen (secondary N) is 2. The Labute approximate surface area is 141 Å². The van der Waals surface area contributed by atoms with Crippen LogP contribution in [0, 0.1) is 0 Å². The standard InChI is InChI=1S/C16H24N2O2S2/c1-3-4-10-17-16(21)18-14-13(15(19)20-2)11-8-6-5-7-9-12(11)22-14/h3-10H2,1-2H3,(H2,17,18,21). The number of methoxy groups -OCH3 is 1. The Morgan fingerprint density at radius 3 is 2.82 bits per heavy atom. The fourth-order valence-electron chi connectivity index (χ4n) is 2.67. The quantitative estimate of drug-likeness (QED) is 0.369. The predicted octanol–water partition coefficient (Wildman–Crippen LogP) is 3.89. The number of anilines is 1. The van der Waals surface area contributed by atoms with E-state index in [9.17, 15) is 4.79 Å². The van der Waals surface area contributed by atoms with Gasteiger partial charge in [0.25, 0.3) is 0 Å². The Kier molecular flexibility index (Phi) is 6.64. The number of thiophene rings is 1. The van der Waals surface area contributed by atoms with Gasteiger partial charge in [0.1, 0.15) is 5.00 Å². The van der Waals surface area contributed by atoms with Gasteiger partial charge in [-0.15, -0.1) is 11.3 Å². The predicted molar refractivity (Wildman–Crippen MR) is 96.0 cm³/mol. The van der Waals surface area contributed by atoms with E-state index in [0.29, 0.717) is 10.7 Å². The van der Waals surface area contributed by atoms with Crippen molar-refractivity contribution in [2.45, 2.75) is 51.9 Å². The molecule has 0 amide bonds. The van der Waals surface area contributed by atoms with Crippen molar-refractivity contribution in [1.82, 2.24) is 5.32 Å². The van der Waals surface area contributed by atoms with Gasteiger partial charge < -0.3 is 15.4 Å². The minimum atomic E-state index is -0.266. The van der Waals surface area contributed by atoms with Gasteiger partial charge in [0.2, 0.25) is 0 Å². The fraction of sp³-hybridized carbons (Fsp3) is 0.625. The number of carbonyl (C=O) groups is 1. The van der Waals surface area contributed by atoms with E-state index in [-0.39, 0.29) is 5.97 Å². The molecule has 0 atom stereocenters. The van der Waals surface area contributed by atoms with Crippen LogP contribution in [-0.4, -0.2) is 24.7 Å². The molecule has 0 radical (unpaired) electrons. The average molecular weight is 341 g/mol. The van der Waals surface area contributed by atoms with E-state index in [1.54, 1.807) is 11.3 Å². The average Bonchev–Trinajstić information content (AvgIpc) is 2.68. The lowest BCUT2D eigenvalue weighted by Crippen LogP contribution is -2.29. The molecule has 0 aliphatic heterocycles. The molecular weight excluding hydrogens is 316 g/mol. The normalized spacial score (nSPS) is 13.9. The van der Waals surface area contributed by atoms with Gasteiger partial charge in [0.05, 0.1) is 12.7 Å². The summed E-state index contributed by atoms with van der Waals surface area (Å²) >= 11 is 6.98. The van der Waals surface area contributed by atoms with Gasteiger partial charge in [-0.3, -0.25) is 0 Å². The number of ether oxygens (including phenoxy) is 1. The molecule has 0 spiro atoms. The van der Waals surface area contributed by atoms with E-state index in [1.807, 2.05) is 0 Å². The van der Waals surface area contributed by atoms with Gasteiger partial charge >= 0.3 is 5.97 Å². The summed E-state index contributed by atoms with van der Waals surface area (Å²) in [5.74, 6) is -0.266. The van der Waals surface area contributed by atoms with Crippen LogP contribution in [0.4, 0.5) is 5.00 Å². The minimum absolute atomic E-state index is 0.266. The van der Waals surface area contributed by atoms with Crippen molar-refractivity contribution in [3.63, 3.8) is 0 Å². The van der Waals surface area contributed by atoms with Crippen LogP contribution in [-0.2, 0) is 17.6 Å². The van der Waals surface area contributed by atoms with E-state index in [2.05, 4.69) is 17.6 Å². The third-order valence-corrected chi connectivity index (χ3v) is 5.31. The molecule has 6 heteroatoms. The van der Waals surface area contributed by atoms with Gasteiger partial charge in [-0.2, -0.15) is 0 Å². The molecule has 0 bridgehead atoms. The lowest BCUT2D eigenvalue weighted by Gasteiger charge is -2.10. The number of esters is 1. The highest BCUT2D eigenvalue weighted by Gasteiger charge is 2.25. The first-order valence-electron chi connectivity index (χ1n) is 7.95. The number of aryl methyl sites for hydroxylation is 1. The summed E-state index contributed by atoms with van der Waals surface area (Å²) in [5.41, 5.74) is 1.84. The third kappa shape index (κ3) is 4.20. The monoisotopic (exact) mass is 340 g/mol. The molecule has 1 heterocycles. The highest BCUT2D eigenvalue weighted by atomic mass is 32.1. The lowest BCUT2D eigenvalue weighted by molar-refractivity contribution is 0.0601. The molecule has 0 aromatic carbocycles. The van der Waals surface area contributed by atoms with E-state index in [0.717, 1.165) is 49.2 Å². The van der Waals surface area contributed by atoms with Gasteiger partial charge in [-0.25, -0.2) is 4.79 Å². The van der Waals surface area contributed by atoms with Crippen LogP contribution in [0.3, 0.4) is 0 Å². The summed E-state index contributed by atoms with van der Waals surface area (Å²) < 4.78 is 4.99. The van der Waals surface area contributed by atoms with E-state index >= 15 is 0 Å². The maximum atomic E-state index is 12.2. The van der Waals surface area contributed by atoms with E-state index in [1.165, 1.54) is 24.8 Å². The maximum absolute atomic E-state index is 12.2. The van der Waals surface area contributed by atoms with Crippen LogP contribution in [0.25, 0.3) is 0 Å². The number of unbranched alkanes of at least 4 members (excludes halogenated alkanes) is 1. The zero-order valence-corrected chi connectivity index (χ0v) is 14.9. The summed E-state index contributed by atoms with van der Waals surface area (Å²) in [4.78, 5) is 13.5. The third-order valence-electron chi connectivity index (χ3n) is 3.85.